The zero-order valence-electron chi connectivity index (χ0n) is 19.3. The zero-order chi connectivity index (χ0) is 24.7. The van der Waals surface area contributed by atoms with Crippen molar-refractivity contribution < 1.29 is 19.5 Å². The Bertz CT molecular complexity index is 1160. The van der Waals surface area contributed by atoms with Gasteiger partial charge >= 0.3 is 5.97 Å². The van der Waals surface area contributed by atoms with Crippen LogP contribution in [0.3, 0.4) is 0 Å². The molecule has 0 saturated heterocycles. The van der Waals surface area contributed by atoms with Gasteiger partial charge in [-0.25, -0.2) is 0 Å². The third-order valence-electron chi connectivity index (χ3n) is 5.49. The van der Waals surface area contributed by atoms with E-state index in [2.05, 4.69) is 5.32 Å². The van der Waals surface area contributed by atoms with Crippen molar-refractivity contribution in [3.05, 3.63) is 95.1 Å². The average Bonchev–Trinajstić information content (AvgIpc) is 2.84. The maximum atomic E-state index is 12.4. The van der Waals surface area contributed by atoms with Crippen LogP contribution < -0.4 is 11.1 Å². The lowest BCUT2D eigenvalue weighted by atomic mass is 10.0. The first kappa shape index (κ1) is 24.7. The number of carbonyl (C=O) groups excluding carboxylic acids is 2. The fraction of sp³-hybridized carbons (Fsp3) is 0.222. The third kappa shape index (κ3) is 6.52. The van der Waals surface area contributed by atoms with Crippen molar-refractivity contribution in [1.82, 2.24) is 10.2 Å². The second-order valence-corrected chi connectivity index (χ2v) is 8.33. The first-order valence-corrected chi connectivity index (χ1v) is 11.0. The Morgan fingerprint density at radius 3 is 2.15 bits per heavy atom. The number of hydrogen-bond acceptors (Lipinski definition) is 4. The van der Waals surface area contributed by atoms with Gasteiger partial charge < -0.3 is 21.1 Å². The van der Waals surface area contributed by atoms with E-state index >= 15 is 0 Å². The molecule has 3 rings (SSSR count). The second kappa shape index (κ2) is 11.2. The van der Waals surface area contributed by atoms with E-state index in [1.807, 2.05) is 42.5 Å². The minimum absolute atomic E-state index is 0.0345. The van der Waals surface area contributed by atoms with Gasteiger partial charge in [-0.15, -0.1) is 0 Å². The fourth-order valence-corrected chi connectivity index (χ4v) is 3.51. The molecule has 3 aromatic rings. The summed E-state index contributed by atoms with van der Waals surface area (Å²) >= 11 is 0. The summed E-state index contributed by atoms with van der Waals surface area (Å²) in [5.74, 6) is -1.27. The lowest BCUT2D eigenvalue weighted by Gasteiger charge is -2.11. The van der Waals surface area contributed by atoms with Gasteiger partial charge in [-0.1, -0.05) is 48.5 Å². The molecule has 0 radical (unpaired) electrons. The highest BCUT2D eigenvalue weighted by molar-refractivity contribution is 5.95. The molecule has 2 amide bonds. The van der Waals surface area contributed by atoms with Gasteiger partial charge in [-0.05, 0) is 59.4 Å². The maximum Gasteiger partial charge on any atom is 0.320 e. The van der Waals surface area contributed by atoms with E-state index in [0.717, 1.165) is 22.3 Å². The Balaban J connectivity index is 1.53. The Labute approximate surface area is 199 Å². The largest absolute Gasteiger partial charge is 0.480 e. The van der Waals surface area contributed by atoms with Crippen molar-refractivity contribution in [2.45, 2.75) is 18.9 Å². The molecule has 4 N–H and O–H groups in total. The molecule has 0 fully saturated rings. The molecule has 0 aliphatic carbocycles. The maximum absolute atomic E-state index is 12.4. The number of aliphatic carboxylic acids is 1. The summed E-state index contributed by atoms with van der Waals surface area (Å²) < 4.78 is 0. The van der Waals surface area contributed by atoms with E-state index in [1.165, 1.54) is 0 Å². The Morgan fingerprint density at radius 1 is 0.882 bits per heavy atom. The van der Waals surface area contributed by atoms with Crippen molar-refractivity contribution in [3.8, 4) is 11.1 Å². The number of carboxylic acids is 1. The molecular formula is C27H29N3O4. The standard InChI is InChI=1S/C27H29N3O4/c1-30(2)26(32)23-5-3-4-22(17-23)20-10-6-18(7-11-20)14-15-29-25(31)21-12-8-19(9-13-21)16-24(28)27(33)34/h3-13,17,24H,14-16,28H2,1-2H3,(H,29,31)(H,33,34)/t24-/m1/s1. The van der Waals surface area contributed by atoms with Crippen LogP contribution in [0.1, 0.15) is 31.8 Å². The van der Waals surface area contributed by atoms with Gasteiger partial charge in [-0.2, -0.15) is 0 Å². The van der Waals surface area contributed by atoms with E-state index in [0.29, 0.717) is 24.1 Å². The predicted molar refractivity (Wildman–Crippen MR) is 132 cm³/mol. The first-order chi connectivity index (χ1) is 16.2. The predicted octanol–water partition coefficient (Wildman–Crippen LogP) is 2.98. The summed E-state index contributed by atoms with van der Waals surface area (Å²) in [4.78, 5) is 37.0. The summed E-state index contributed by atoms with van der Waals surface area (Å²) in [5, 5.41) is 11.8. The van der Waals surface area contributed by atoms with Gasteiger partial charge in [0, 0.05) is 31.8 Å². The van der Waals surface area contributed by atoms with E-state index in [1.54, 1.807) is 49.3 Å². The molecule has 0 unspecified atom stereocenters. The molecule has 0 heterocycles. The van der Waals surface area contributed by atoms with Gasteiger partial charge in [0.2, 0.25) is 0 Å². The van der Waals surface area contributed by atoms with Crippen LogP contribution in [-0.2, 0) is 17.6 Å². The van der Waals surface area contributed by atoms with Crippen LogP contribution in [0.4, 0.5) is 0 Å². The number of nitrogens with one attached hydrogen (secondary N) is 1. The summed E-state index contributed by atoms with van der Waals surface area (Å²) in [5.41, 5.74) is 10.5. The van der Waals surface area contributed by atoms with E-state index < -0.39 is 12.0 Å². The van der Waals surface area contributed by atoms with Crippen molar-refractivity contribution in [1.29, 1.82) is 0 Å². The lowest BCUT2D eigenvalue weighted by molar-refractivity contribution is -0.138. The molecule has 0 aliphatic heterocycles. The molecule has 0 bridgehead atoms. The molecule has 176 valence electrons. The zero-order valence-corrected chi connectivity index (χ0v) is 19.3. The van der Waals surface area contributed by atoms with Crippen LogP contribution in [0.15, 0.2) is 72.8 Å². The van der Waals surface area contributed by atoms with E-state index in [-0.39, 0.29) is 18.2 Å². The number of hydrogen-bond donors (Lipinski definition) is 3. The Kier molecular flexibility index (Phi) is 8.16. The average molecular weight is 460 g/mol. The molecule has 0 aromatic heterocycles. The minimum atomic E-state index is -1.05. The van der Waals surface area contributed by atoms with Crippen LogP contribution in [0, 0.1) is 0 Å². The topological polar surface area (TPSA) is 113 Å². The van der Waals surface area contributed by atoms with Crippen LogP contribution in [-0.4, -0.2) is 54.5 Å². The molecular weight excluding hydrogens is 430 g/mol. The van der Waals surface area contributed by atoms with Crippen molar-refractivity contribution in [2.75, 3.05) is 20.6 Å². The highest BCUT2D eigenvalue weighted by atomic mass is 16.4. The smallest absolute Gasteiger partial charge is 0.320 e. The van der Waals surface area contributed by atoms with E-state index in [4.69, 9.17) is 10.8 Å². The van der Waals surface area contributed by atoms with Crippen LogP contribution in [0.5, 0.6) is 0 Å². The van der Waals surface area contributed by atoms with Crippen molar-refractivity contribution >= 4 is 17.8 Å². The fourth-order valence-electron chi connectivity index (χ4n) is 3.51. The minimum Gasteiger partial charge on any atom is -0.480 e. The molecule has 7 nitrogen and oxygen atoms in total. The number of amides is 2. The van der Waals surface area contributed by atoms with Gasteiger partial charge in [0.05, 0.1) is 0 Å². The third-order valence-corrected chi connectivity index (χ3v) is 5.49. The molecule has 1 atom stereocenters. The summed E-state index contributed by atoms with van der Waals surface area (Å²) in [6.07, 6.45) is 0.889. The normalized spacial score (nSPS) is 11.5. The van der Waals surface area contributed by atoms with Crippen LogP contribution in [0.2, 0.25) is 0 Å². The number of carbonyl (C=O) groups is 3. The van der Waals surface area contributed by atoms with Gasteiger partial charge in [0.1, 0.15) is 6.04 Å². The number of nitrogens with zero attached hydrogens (tertiary/aromatic N) is 1. The number of benzene rings is 3. The van der Waals surface area contributed by atoms with Gasteiger partial charge in [0.25, 0.3) is 11.8 Å². The molecule has 7 heteroatoms. The molecule has 0 saturated carbocycles. The van der Waals surface area contributed by atoms with Gasteiger partial charge in [-0.3, -0.25) is 14.4 Å². The molecule has 0 spiro atoms. The number of rotatable bonds is 9. The summed E-state index contributed by atoms with van der Waals surface area (Å²) in [6, 6.07) is 21.4. The number of nitrogens with two attached hydrogens (primary N) is 1. The molecule has 34 heavy (non-hydrogen) atoms. The highest BCUT2D eigenvalue weighted by Gasteiger charge is 2.13. The SMILES string of the molecule is CN(C)C(=O)c1cccc(-c2ccc(CCNC(=O)c3ccc(C[C@@H](N)C(=O)O)cc3)cc2)c1. The Morgan fingerprint density at radius 2 is 1.53 bits per heavy atom. The quantitative estimate of drug-likeness (QED) is 0.455. The van der Waals surface area contributed by atoms with Gasteiger partial charge in [0.15, 0.2) is 0 Å². The summed E-state index contributed by atoms with van der Waals surface area (Å²) in [7, 11) is 3.46. The van der Waals surface area contributed by atoms with Crippen LogP contribution in [0.25, 0.3) is 11.1 Å². The van der Waals surface area contributed by atoms with Crippen molar-refractivity contribution in [2.24, 2.45) is 5.73 Å². The molecule has 3 aromatic carbocycles. The molecule has 0 aliphatic rings. The van der Waals surface area contributed by atoms with Crippen molar-refractivity contribution in [3.63, 3.8) is 0 Å². The Hall–Kier alpha value is -3.97. The van der Waals surface area contributed by atoms with E-state index in [9.17, 15) is 14.4 Å². The second-order valence-electron chi connectivity index (χ2n) is 8.33. The monoisotopic (exact) mass is 459 g/mol. The summed E-state index contributed by atoms with van der Waals surface area (Å²) in [6.45, 7) is 0.483. The van der Waals surface area contributed by atoms with Crippen LogP contribution >= 0.6 is 0 Å². The number of carboxylic acid groups (broad SMARTS) is 1. The lowest BCUT2D eigenvalue weighted by Crippen LogP contribution is -2.32. The highest BCUT2D eigenvalue weighted by Crippen LogP contribution is 2.21. The first-order valence-electron chi connectivity index (χ1n) is 11.0.